The molecule has 116 valence electrons. The van der Waals surface area contributed by atoms with Gasteiger partial charge in [-0.1, -0.05) is 6.07 Å². The summed E-state index contributed by atoms with van der Waals surface area (Å²) in [5.74, 6) is -0.147. The third kappa shape index (κ3) is 3.36. The number of aryl methyl sites for hydroxylation is 1. The molecule has 0 aliphatic carbocycles. The maximum absolute atomic E-state index is 12.3. The summed E-state index contributed by atoms with van der Waals surface area (Å²) in [6.07, 6.45) is 1.77. The minimum absolute atomic E-state index is 0.0678. The molecule has 5 nitrogen and oxygen atoms in total. The van der Waals surface area contributed by atoms with Crippen LogP contribution in [0.15, 0.2) is 42.6 Å². The Labute approximate surface area is 130 Å². The average molecular weight is 300 g/mol. The highest BCUT2D eigenvalue weighted by atomic mass is 16.5. The molecular formula is C17H20N2O3. The molecule has 0 spiro atoms. The molecule has 2 aromatic rings. The maximum atomic E-state index is 12.3. The predicted octanol–water partition coefficient (Wildman–Crippen LogP) is 2.73. The molecule has 22 heavy (non-hydrogen) atoms. The molecule has 0 N–H and O–H groups in total. The SMILES string of the molecule is CCN(CC)C(=O)c1cccc(OC(=O)c2cccn2C)c1. The normalized spacial score (nSPS) is 10.3. The van der Waals surface area contributed by atoms with Crippen molar-refractivity contribution in [2.24, 2.45) is 7.05 Å². The number of amides is 1. The van der Waals surface area contributed by atoms with Crippen LogP contribution in [0.4, 0.5) is 0 Å². The summed E-state index contributed by atoms with van der Waals surface area (Å²) in [5.41, 5.74) is 0.973. The van der Waals surface area contributed by atoms with E-state index in [0.717, 1.165) is 0 Å². The van der Waals surface area contributed by atoms with Crippen molar-refractivity contribution in [3.63, 3.8) is 0 Å². The van der Waals surface area contributed by atoms with Gasteiger partial charge >= 0.3 is 5.97 Å². The number of hydrogen-bond donors (Lipinski definition) is 0. The van der Waals surface area contributed by atoms with Crippen molar-refractivity contribution in [2.45, 2.75) is 13.8 Å². The first-order chi connectivity index (χ1) is 10.6. The van der Waals surface area contributed by atoms with Gasteiger partial charge in [0.1, 0.15) is 11.4 Å². The summed E-state index contributed by atoms with van der Waals surface area (Å²) < 4.78 is 7.03. The van der Waals surface area contributed by atoms with Crippen LogP contribution in [0.1, 0.15) is 34.7 Å². The van der Waals surface area contributed by atoms with Gasteiger partial charge < -0.3 is 14.2 Å². The van der Waals surface area contributed by atoms with E-state index in [1.54, 1.807) is 59.1 Å². The molecular weight excluding hydrogens is 280 g/mol. The first-order valence-corrected chi connectivity index (χ1v) is 7.29. The van der Waals surface area contributed by atoms with Gasteiger partial charge in [-0.05, 0) is 44.2 Å². The van der Waals surface area contributed by atoms with Gasteiger partial charge in [0.25, 0.3) is 5.91 Å². The average Bonchev–Trinajstić information content (AvgIpc) is 2.95. The highest BCUT2D eigenvalue weighted by Crippen LogP contribution is 2.17. The van der Waals surface area contributed by atoms with Gasteiger partial charge in [0.2, 0.25) is 0 Å². The first kappa shape index (κ1) is 15.8. The van der Waals surface area contributed by atoms with E-state index in [1.807, 2.05) is 13.8 Å². The minimum Gasteiger partial charge on any atom is -0.422 e. The van der Waals surface area contributed by atoms with Gasteiger partial charge in [0.15, 0.2) is 0 Å². The van der Waals surface area contributed by atoms with Crippen LogP contribution in [0.25, 0.3) is 0 Å². The molecule has 0 radical (unpaired) electrons. The molecule has 1 amide bonds. The lowest BCUT2D eigenvalue weighted by atomic mass is 10.2. The molecule has 0 fully saturated rings. The fourth-order valence-electron chi connectivity index (χ4n) is 2.22. The molecule has 1 aromatic heterocycles. The number of aromatic nitrogens is 1. The molecule has 0 aliphatic rings. The van der Waals surface area contributed by atoms with Crippen LogP contribution in [0.3, 0.4) is 0 Å². The molecule has 1 heterocycles. The smallest absolute Gasteiger partial charge is 0.360 e. The fourth-order valence-corrected chi connectivity index (χ4v) is 2.22. The molecule has 0 bridgehead atoms. The second kappa shape index (κ2) is 6.93. The van der Waals surface area contributed by atoms with E-state index in [4.69, 9.17) is 4.74 Å². The van der Waals surface area contributed by atoms with E-state index in [0.29, 0.717) is 30.1 Å². The van der Waals surface area contributed by atoms with Gasteiger partial charge in [0, 0.05) is 31.9 Å². The lowest BCUT2D eigenvalue weighted by molar-refractivity contribution is 0.0718. The summed E-state index contributed by atoms with van der Waals surface area (Å²) >= 11 is 0. The van der Waals surface area contributed by atoms with Crippen molar-refractivity contribution >= 4 is 11.9 Å². The molecule has 0 atom stereocenters. The largest absolute Gasteiger partial charge is 0.422 e. The van der Waals surface area contributed by atoms with Gasteiger partial charge in [0.05, 0.1) is 0 Å². The third-order valence-electron chi connectivity index (χ3n) is 3.50. The number of rotatable bonds is 5. The summed E-state index contributed by atoms with van der Waals surface area (Å²) in [5, 5.41) is 0. The second-order valence-electron chi connectivity index (χ2n) is 4.90. The zero-order valence-corrected chi connectivity index (χ0v) is 13.1. The van der Waals surface area contributed by atoms with Crippen LogP contribution in [0, 0.1) is 0 Å². The second-order valence-corrected chi connectivity index (χ2v) is 4.90. The Morgan fingerprint density at radius 1 is 1.14 bits per heavy atom. The summed E-state index contributed by atoms with van der Waals surface area (Å²) in [6, 6.07) is 10.2. The fraction of sp³-hybridized carbons (Fsp3) is 0.294. The summed E-state index contributed by atoms with van der Waals surface area (Å²) in [6.45, 7) is 5.15. The molecule has 2 rings (SSSR count). The highest BCUT2D eigenvalue weighted by Gasteiger charge is 2.15. The van der Waals surface area contributed by atoms with E-state index in [1.165, 1.54) is 0 Å². The highest BCUT2D eigenvalue weighted by molar-refractivity contribution is 5.95. The molecule has 0 aliphatic heterocycles. The first-order valence-electron chi connectivity index (χ1n) is 7.29. The van der Waals surface area contributed by atoms with Crippen LogP contribution in [0.2, 0.25) is 0 Å². The zero-order valence-electron chi connectivity index (χ0n) is 13.1. The molecule has 0 unspecified atom stereocenters. The van der Waals surface area contributed by atoms with Crippen LogP contribution in [-0.2, 0) is 7.05 Å². The lowest BCUT2D eigenvalue weighted by Crippen LogP contribution is -2.30. The van der Waals surface area contributed by atoms with E-state index in [9.17, 15) is 9.59 Å². The van der Waals surface area contributed by atoms with Crippen LogP contribution in [0.5, 0.6) is 5.75 Å². The number of hydrogen-bond acceptors (Lipinski definition) is 3. The predicted molar refractivity (Wildman–Crippen MR) is 84.1 cm³/mol. The molecule has 5 heteroatoms. The third-order valence-corrected chi connectivity index (χ3v) is 3.50. The Morgan fingerprint density at radius 2 is 1.86 bits per heavy atom. The van der Waals surface area contributed by atoms with E-state index >= 15 is 0 Å². The van der Waals surface area contributed by atoms with Crippen molar-refractivity contribution in [1.29, 1.82) is 0 Å². The van der Waals surface area contributed by atoms with Crippen LogP contribution < -0.4 is 4.74 Å². The van der Waals surface area contributed by atoms with E-state index < -0.39 is 5.97 Å². The zero-order chi connectivity index (χ0) is 16.1. The maximum Gasteiger partial charge on any atom is 0.360 e. The summed E-state index contributed by atoms with van der Waals surface area (Å²) in [7, 11) is 1.77. The minimum atomic E-state index is -0.445. The van der Waals surface area contributed by atoms with Crippen molar-refractivity contribution in [3.8, 4) is 5.75 Å². The quantitative estimate of drug-likeness (QED) is 0.630. The number of ether oxygens (including phenoxy) is 1. The van der Waals surface area contributed by atoms with Gasteiger partial charge in [-0.2, -0.15) is 0 Å². The Kier molecular flexibility index (Phi) is 4.99. The molecule has 0 saturated carbocycles. The monoisotopic (exact) mass is 300 g/mol. The number of nitrogens with zero attached hydrogens (tertiary/aromatic N) is 2. The Morgan fingerprint density at radius 3 is 2.45 bits per heavy atom. The van der Waals surface area contributed by atoms with Gasteiger partial charge in [-0.25, -0.2) is 4.79 Å². The van der Waals surface area contributed by atoms with Crippen molar-refractivity contribution in [1.82, 2.24) is 9.47 Å². The topological polar surface area (TPSA) is 51.5 Å². The Balaban J connectivity index is 2.17. The number of benzene rings is 1. The molecule has 1 aromatic carbocycles. The van der Waals surface area contributed by atoms with Crippen LogP contribution >= 0.6 is 0 Å². The standard InChI is InChI=1S/C17H20N2O3/c1-4-19(5-2)16(20)13-8-6-9-14(12-13)22-17(21)15-10-7-11-18(15)3/h6-12H,4-5H2,1-3H3. The molecule has 0 saturated heterocycles. The van der Waals surface area contributed by atoms with Crippen molar-refractivity contribution < 1.29 is 14.3 Å². The Hall–Kier alpha value is -2.56. The van der Waals surface area contributed by atoms with E-state index in [2.05, 4.69) is 0 Å². The Bertz CT molecular complexity index is 672. The number of carbonyl (C=O) groups is 2. The number of esters is 1. The number of carbonyl (C=O) groups excluding carboxylic acids is 2. The van der Waals surface area contributed by atoms with Crippen molar-refractivity contribution in [3.05, 3.63) is 53.9 Å². The van der Waals surface area contributed by atoms with Gasteiger partial charge in [-0.3, -0.25) is 4.79 Å². The lowest BCUT2D eigenvalue weighted by Gasteiger charge is -2.18. The van der Waals surface area contributed by atoms with E-state index in [-0.39, 0.29) is 5.91 Å². The summed E-state index contributed by atoms with van der Waals surface area (Å²) in [4.78, 5) is 26.1. The van der Waals surface area contributed by atoms with Crippen molar-refractivity contribution in [2.75, 3.05) is 13.1 Å². The van der Waals surface area contributed by atoms with Crippen LogP contribution in [-0.4, -0.2) is 34.4 Å². The van der Waals surface area contributed by atoms with Gasteiger partial charge in [-0.15, -0.1) is 0 Å².